The van der Waals surface area contributed by atoms with Crippen LogP contribution >= 0.6 is 0 Å². The summed E-state index contributed by atoms with van der Waals surface area (Å²) in [5, 5.41) is 0. The van der Waals surface area contributed by atoms with Crippen molar-refractivity contribution in [2.45, 2.75) is 12.8 Å². The molecule has 0 bridgehead atoms. The second-order valence-electron chi connectivity index (χ2n) is 3.89. The standard InChI is InChI=1S/C13H14FNO2/c14-12-7-4-8-15(9-12)13(16)17-10-11-5-2-1-3-6-11/h1-7,12H,8-10H2/t12-/m0/s1. The largest absolute Gasteiger partial charge is 0.445 e. The highest BCUT2D eigenvalue weighted by molar-refractivity contribution is 5.68. The van der Waals surface area contributed by atoms with Crippen LogP contribution < -0.4 is 0 Å². The summed E-state index contributed by atoms with van der Waals surface area (Å²) < 4.78 is 18.1. The Morgan fingerprint density at radius 2 is 2.18 bits per heavy atom. The van der Waals surface area contributed by atoms with Crippen molar-refractivity contribution in [1.82, 2.24) is 4.90 Å². The number of halogens is 1. The fourth-order valence-electron chi connectivity index (χ4n) is 1.64. The van der Waals surface area contributed by atoms with Gasteiger partial charge in [-0.3, -0.25) is 0 Å². The molecule has 0 unspecified atom stereocenters. The first-order chi connectivity index (χ1) is 8.25. The number of amides is 1. The molecule has 2 rings (SSSR count). The van der Waals surface area contributed by atoms with E-state index in [0.717, 1.165) is 5.56 Å². The molecule has 0 radical (unpaired) electrons. The fourth-order valence-corrected chi connectivity index (χ4v) is 1.64. The first-order valence-corrected chi connectivity index (χ1v) is 5.52. The van der Waals surface area contributed by atoms with E-state index in [1.807, 2.05) is 30.3 Å². The number of hydrogen-bond acceptors (Lipinski definition) is 2. The third-order valence-corrected chi connectivity index (χ3v) is 2.53. The first-order valence-electron chi connectivity index (χ1n) is 5.52. The summed E-state index contributed by atoms with van der Waals surface area (Å²) in [6, 6.07) is 9.41. The lowest BCUT2D eigenvalue weighted by Gasteiger charge is -2.24. The maximum absolute atomic E-state index is 13.0. The molecule has 3 nitrogen and oxygen atoms in total. The number of rotatable bonds is 2. The molecule has 1 aromatic rings. The van der Waals surface area contributed by atoms with Crippen molar-refractivity contribution in [2.24, 2.45) is 0 Å². The van der Waals surface area contributed by atoms with E-state index in [1.165, 1.54) is 11.0 Å². The molecule has 0 aromatic heterocycles. The zero-order valence-electron chi connectivity index (χ0n) is 9.38. The Labute approximate surface area is 99.5 Å². The number of benzene rings is 1. The van der Waals surface area contributed by atoms with Crippen LogP contribution in [0.5, 0.6) is 0 Å². The molecule has 0 spiro atoms. The molecule has 1 atom stereocenters. The van der Waals surface area contributed by atoms with Crippen LogP contribution in [0.1, 0.15) is 5.56 Å². The summed E-state index contributed by atoms with van der Waals surface area (Å²) in [6.45, 7) is 0.703. The van der Waals surface area contributed by atoms with E-state index in [0.29, 0.717) is 6.54 Å². The number of carbonyl (C=O) groups excluding carboxylic acids is 1. The van der Waals surface area contributed by atoms with Crippen LogP contribution in [-0.4, -0.2) is 30.3 Å². The van der Waals surface area contributed by atoms with Gasteiger partial charge in [-0.1, -0.05) is 42.5 Å². The van der Waals surface area contributed by atoms with Crippen molar-refractivity contribution < 1.29 is 13.9 Å². The Morgan fingerprint density at radius 3 is 2.88 bits per heavy atom. The maximum Gasteiger partial charge on any atom is 0.410 e. The summed E-state index contributed by atoms with van der Waals surface area (Å²) >= 11 is 0. The third kappa shape index (κ3) is 3.31. The van der Waals surface area contributed by atoms with Gasteiger partial charge in [0.2, 0.25) is 0 Å². The van der Waals surface area contributed by atoms with Gasteiger partial charge >= 0.3 is 6.09 Å². The molecule has 0 aliphatic carbocycles. The van der Waals surface area contributed by atoms with Crippen molar-refractivity contribution in [3.63, 3.8) is 0 Å². The summed E-state index contributed by atoms with van der Waals surface area (Å²) in [7, 11) is 0. The number of nitrogens with zero attached hydrogens (tertiary/aromatic N) is 1. The molecule has 0 N–H and O–H groups in total. The Balaban J connectivity index is 1.84. The highest BCUT2D eigenvalue weighted by Crippen LogP contribution is 2.09. The van der Waals surface area contributed by atoms with Crippen molar-refractivity contribution in [1.29, 1.82) is 0 Å². The average molecular weight is 235 g/mol. The van der Waals surface area contributed by atoms with Gasteiger partial charge in [0.05, 0.1) is 6.54 Å². The molecule has 0 saturated carbocycles. The molecule has 1 aromatic carbocycles. The molecular formula is C13H14FNO2. The minimum Gasteiger partial charge on any atom is -0.445 e. The predicted octanol–water partition coefficient (Wildman–Crippen LogP) is 2.53. The van der Waals surface area contributed by atoms with Crippen molar-refractivity contribution in [2.75, 3.05) is 13.1 Å². The minimum atomic E-state index is -1.09. The van der Waals surface area contributed by atoms with Gasteiger partial charge in [-0.2, -0.15) is 0 Å². The van der Waals surface area contributed by atoms with E-state index in [4.69, 9.17) is 4.74 Å². The quantitative estimate of drug-likeness (QED) is 0.737. The Bertz CT molecular complexity index is 405. The predicted molar refractivity (Wildman–Crippen MR) is 62.2 cm³/mol. The second kappa shape index (κ2) is 5.48. The van der Waals surface area contributed by atoms with Crippen LogP contribution in [0.15, 0.2) is 42.5 Å². The zero-order chi connectivity index (χ0) is 12.1. The lowest BCUT2D eigenvalue weighted by atomic mass is 10.2. The summed E-state index contributed by atoms with van der Waals surface area (Å²) in [6.07, 6.45) is 1.53. The molecule has 1 aliphatic heterocycles. The smallest absolute Gasteiger partial charge is 0.410 e. The fraction of sp³-hybridized carbons (Fsp3) is 0.308. The van der Waals surface area contributed by atoms with Crippen LogP contribution in [0.3, 0.4) is 0 Å². The van der Waals surface area contributed by atoms with E-state index < -0.39 is 12.3 Å². The van der Waals surface area contributed by atoms with Gasteiger partial charge in [0.1, 0.15) is 12.8 Å². The highest BCUT2D eigenvalue weighted by Gasteiger charge is 2.20. The maximum atomic E-state index is 13.0. The van der Waals surface area contributed by atoms with Crippen molar-refractivity contribution in [3.05, 3.63) is 48.0 Å². The second-order valence-corrected chi connectivity index (χ2v) is 3.89. The van der Waals surface area contributed by atoms with Gasteiger partial charge in [-0.05, 0) is 5.56 Å². The molecular weight excluding hydrogens is 221 g/mol. The molecule has 4 heteroatoms. The van der Waals surface area contributed by atoms with Crippen molar-refractivity contribution in [3.8, 4) is 0 Å². The molecule has 1 aliphatic rings. The number of hydrogen-bond donors (Lipinski definition) is 0. The van der Waals surface area contributed by atoms with Gasteiger partial charge in [-0.25, -0.2) is 9.18 Å². The van der Waals surface area contributed by atoms with Crippen LogP contribution in [0, 0.1) is 0 Å². The summed E-state index contributed by atoms with van der Waals surface area (Å²) in [5.41, 5.74) is 0.921. The third-order valence-electron chi connectivity index (χ3n) is 2.53. The van der Waals surface area contributed by atoms with E-state index in [9.17, 15) is 9.18 Å². The Morgan fingerprint density at radius 1 is 1.41 bits per heavy atom. The van der Waals surface area contributed by atoms with Gasteiger partial charge < -0.3 is 9.64 Å². The van der Waals surface area contributed by atoms with Crippen LogP contribution in [0.4, 0.5) is 9.18 Å². The monoisotopic (exact) mass is 235 g/mol. The molecule has 0 saturated heterocycles. The lowest BCUT2D eigenvalue weighted by molar-refractivity contribution is 0.0915. The Hall–Kier alpha value is -1.84. The average Bonchev–Trinajstić information content (AvgIpc) is 2.37. The van der Waals surface area contributed by atoms with Crippen LogP contribution in [0.2, 0.25) is 0 Å². The highest BCUT2D eigenvalue weighted by atomic mass is 19.1. The van der Waals surface area contributed by atoms with E-state index in [2.05, 4.69) is 0 Å². The Kier molecular flexibility index (Phi) is 3.75. The normalized spacial score (nSPS) is 19.1. The van der Waals surface area contributed by atoms with Crippen LogP contribution in [-0.2, 0) is 11.3 Å². The van der Waals surface area contributed by atoms with Gasteiger partial charge in [0, 0.05) is 6.54 Å². The van der Waals surface area contributed by atoms with Crippen LogP contribution in [0.25, 0.3) is 0 Å². The molecule has 17 heavy (non-hydrogen) atoms. The van der Waals surface area contributed by atoms with Gasteiger partial charge in [-0.15, -0.1) is 0 Å². The molecule has 90 valence electrons. The number of carbonyl (C=O) groups is 1. The topological polar surface area (TPSA) is 29.5 Å². The van der Waals surface area contributed by atoms with E-state index in [-0.39, 0.29) is 13.2 Å². The van der Waals surface area contributed by atoms with Gasteiger partial charge in [0.15, 0.2) is 0 Å². The molecule has 1 heterocycles. The van der Waals surface area contributed by atoms with Gasteiger partial charge in [0.25, 0.3) is 0 Å². The van der Waals surface area contributed by atoms with Crippen molar-refractivity contribution >= 4 is 6.09 Å². The SMILES string of the molecule is O=C(OCc1ccccc1)N1CC=C[C@H](F)C1. The summed E-state index contributed by atoms with van der Waals surface area (Å²) in [4.78, 5) is 13.0. The van der Waals surface area contributed by atoms with E-state index >= 15 is 0 Å². The summed E-state index contributed by atoms with van der Waals surface area (Å²) in [5.74, 6) is 0. The lowest BCUT2D eigenvalue weighted by Crippen LogP contribution is -2.38. The zero-order valence-corrected chi connectivity index (χ0v) is 9.38. The van der Waals surface area contributed by atoms with E-state index in [1.54, 1.807) is 6.08 Å². The number of alkyl halides is 1. The molecule has 1 amide bonds. The number of ether oxygens (including phenoxy) is 1. The minimum absolute atomic E-state index is 0.0735. The molecule has 0 fully saturated rings. The first kappa shape index (κ1) is 11.6.